The number of carbonyl (C=O) groups excluding carboxylic acids is 1. The van der Waals surface area contributed by atoms with E-state index >= 15 is 0 Å². The Labute approximate surface area is 178 Å². The minimum Gasteiger partial charge on any atom is -0.465 e. The minimum absolute atomic E-state index is 0.0575. The molecule has 2 unspecified atom stereocenters. The molecule has 154 valence electrons. The Morgan fingerprint density at radius 2 is 2.00 bits per heavy atom. The van der Waals surface area contributed by atoms with Gasteiger partial charge in [-0.15, -0.1) is 11.8 Å². The number of esters is 1. The first-order valence-corrected chi connectivity index (χ1v) is 10.5. The molecule has 0 saturated carbocycles. The molecular weight excluding hydrogens is 432 g/mol. The van der Waals surface area contributed by atoms with Crippen LogP contribution in [0.15, 0.2) is 46.1 Å². The van der Waals surface area contributed by atoms with Gasteiger partial charge in [0, 0.05) is 11.0 Å². The van der Waals surface area contributed by atoms with Crippen LogP contribution >= 0.6 is 21.0 Å². The van der Waals surface area contributed by atoms with Gasteiger partial charge in [-0.25, -0.2) is 18.3 Å². The highest BCUT2D eigenvalue weighted by atomic mass is 32.2. The predicted molar refractivity (Wildman–Crippen MR) is 115 cm³/mol. The van der Waals surface area contributed by atoms with E-state index in [1.807, 2.05) is 0 Å². The molecule has 2 aromatic carbocycles. The lowest BCUT2D eigenvalue weighted by Gasteiger charge is -2.18. The Morgan fingerprint density at radius 1 is 1.33 bits per heavy atom. The second-order valence-electron chi connectivity index (χ2n) is 6.11. The fourth-order valence-corrected chi connectivity index (χ4v) is 3.58. The van der Waals surface area contributed by atoms with Crippen molar-refractivity contribution in [1.82, 2.24) is 9.78 Å². The Morgan fingerprint density at radius 3 is 2.57 bits per heavy atom. The number of carbonyl (C=O) groups is 1. The van der Waals surface area contributed by atoms with Gasteiger partial charge in [-0.2, -0.15) is 5.10 Å². The van der Waals surface area contributed by atoms with Crippen molar-refractivity contribution in [2.45, 2.75) is 17.3 Å². The Bertz CT molecular complexity index is 1170. The molecular formula is C19H16BF2N2O4PS. The van der Waals surface area contributed by atoms with E-state index in [2.05, 4.69) is 5.10 Å². The summed E-state index contributed by atoms with van der Waals surface area (Å²) in [5.41, 5.74) is -2.99. The predicted octanol–water partition coefficient (Wildman–Crippen LogP) is 3.43. The number of hydrogen-bond acceptors (Lipinski definition) is 6. The van der Waals surface area contributed by atoms with Gasteiger partial charge >= 0.3 is 5.97 Å². The number of fused-ring (bicyclic) bond motifs is 1. The summed E-state index contributed by atoms with van der Waals surface area (Å²) in [5.74, 6) is -1.33. The zero-order valence-electron chi connectivity index (χ0n) is 16.0. The second kappa shape index (κ2) is 8.74. The molecule has 0 fully saturated rings. The van der Waals surface area contributed by atoms with Gasteiger partial charge in [0.05, 0.1) is 23.2 Å². The van der Waals surface area contributed by atoms with Crippen LogP contribution in [0.2, 0.25) is 0 Å². The number of nitrogens with zero attached hydrogens (tertiary/aromatic N) is 2. The van der Waals surface area contributed by atoms with Gasteiger partial charge < -0.3 is 9.47 Å². The molecule has 6 nitrogen and oxygen atoms in total. The number of halogens is 2. The SMILES string of the molecule is [B]C(F)(P)Oc1ccc(-n2nc(C(=O)OCC)c(=O)c3c(SC)cc(F)cc32)cc1. The highest BCUT2D eigenvalue weighted by molar-refractivity contribution is 7.98. The van der Waals surface area contributed by atoms with E-state index in [0.717, 1.165) is 17.8 Å². The van der Waals surface area contributed by atoms with Crippen LogP contribution in [0.5, 0.6) is 5.75 Å². The van der Waals surface area contributed by atoms with E-state index in [9.17, 15) is 18.4 Å². The van der Waals surface area contributed by atoms with Crippen molar-refractivity contribution in [1.29, 1.82) is 0 Å². The van der Waals surface area contributed by atoms with Gasteiger partial charge in [-0.05, 0) is 43.5 Å². The van der Waals surface area contributed by atoms with Crippen LogP contribution in [0.25, 0.3) is 16.6 Å². The normalized spacial score (nSPS) is 13.1. The van der Waals surface area contributed by atoms with Crippen molar-refractivity contribution in [3.05, 3.63) is 58.1 Å². The highest BCUT2D eigenvalue weighted by Crippen LogP contribution is 2.28. The molecule has 0 bridgehead atoms. The topological polar surface area (TPSA) is 70.4 Å². The molecule has 1 heterocycles. The smallest absolute Gasteiger partial charge is 0.362 e. The third-order valence-corrected chi connectivity index (χ3v) is 4.84. The highest BCUT2D eigenvalue weighted by Gasteiger charge is 2.22. The van der Waals surface area contributed by atoms with Crippen LogP contribution in [-0.4, -0.2) is 42.0 Å². The van der Waals surface area contributed by atoms with Gasteiger partial charge in [-0.3, -0.25) is 4.79 Å². The molecule has 0 amide bonds. The van der Waals surface area contributed by atoms with Crippen molar-refractivity contribution in [2.75, 3.05) is 12.9 Å². The molecule has 3 aromatic rings. The molecule has 30 heavy (non-hydrogen) atoms. The lowest BCUT2D eigenvalue weighted by molar-refractivity contribution is 0.0516. The van der Waals surface area contributed by atoms with Crippen molar-refractivity contribution in [2.24, 2.45) is 0 Å². The number of aromatic nitrogens is 2. The quantitative estimate of drug-likeness (QED) is 0.249. The second-order valence-corrected chi connectivity index (χ2v) is 7.74. The van der Waals surface area contributed by atoms with E-state index in [0.29, 0.717) is 10.6 Å². The average molecular weight is 448 g/mol. The third-order valence-electron chi connectivity index (χ3n) is 3.96. The van der Waals surface area contributed by atoms with E-state index in [-0.39, 0.29) is 23.3 Å². The third kappa shape index (κ3) is 4.65. The number of alkyl halides is 1. The molecule has 2 atom stereocenters. The summed E-state index contributed by atoms with van der Waals surface area (Å²) < 4.78 is 38.8. The maximum absolute atomic E-state index is 14.2. The van der Waals surface area contributed by atoms with Gasteiger partial charge in [0.1, 0.15) is 11.6 Å². The maximum Gasteiger partial charge on any atom is 0.362 e. The van der Waals surface area contributed by atoms with E-state index in [1.165, 1.54) is 35.0 Å². The Balaban J connectivity index is 2.27. The van der Waals surface area contributed by atoms with Crippen molar-refractivity contribution in [3.63, 3.8) is 0 Å². The van der Waals surface area contributed by atoms with Crippen LogP contribution in [0, 0.1) is 5.82 Å². The molecule has 0 N–H and O–H groups in total. The Hall–Kier alpha value is -2.45. The standard InChI is InChI=1S/C19H16BF2N2O4PS/c1-3-27-18(26)16-17(25)15-13(8-10(21)9-14(15)30-2)24(23-16)11-4-6-12(7-5-11)28-19(20,22)29/h4-9H,3,29H2,1-2H3. The number of benzene rings is 2. The number of ether oxygens (including phenoxy) is 2. The fourth-order valence-electron chi connectivity index (χ4n) is 2.81. The van der Waals surface area contributed by atoms with Crippen molar-refractivity contribution >= 4 is 45.7 Å². The molecule has 0 aliphatic carbocycles. The Kier molecular flexibility index (Phi) is 6.48. The molecule has 0 saturated heterocycles. The molecule has 2 radical (unpaired) electrons. The van der Waals surface area contributed by atoms with Crippen molar-refractivity contribution < 1.29 is 23.0 Å². The first-order valence-electron chi connectivity index (χ1n) is 8.68. The van der Waals surface area contributed by atoms with Gasteiger partial charge in [0.2, 0.25) is 16.6 Å². The van der Waals surface area contributed by atoms with Crippen LogP contribution in [0.1, 0.15) is 17.4 Å². The summed E-state index contributed by atoms with van der Waals surface area (Å²) >= 11 is 1.16. The largest absolute Gasteiger partial charge is 0.465 e. The summed E-state index contributed by atoms with van der Waals surface area (Å²) in [6, 6.07) is 8.21. The van der Waals surface area contributed by atoms with E-state index in [1.54, 1.807) is 22.4 Å². The summed E-state index contributed by atoms with van der Waals surface area (Å²) in [5, 5.41) is 4.26. The first-order chi connectivity index (χ1) is 14.1. The first kappa shape index (κ1) is 22.2. The lowest BCUT2D eigenvalue weighted by Crippen LogP contribution is -2.25. The van der Waals surface area contributed by atoms with E-state index < -0.39 is 28.4 Å². The number of hydrogen-bond donors (Lipinski definition) is 0. The van der Waals surface area contributed by atoms with Crippen LogP contribution in [-0.2, 0) is 4.74 Å². The maximum atomic E-state index is 14.2. The monoisotopic (exact) mass is 448 g/mol. The summed E-state index contributed by atoms with van der Waals surface area (Å²) in [7, 11) is 6.87. The van der Waals surface area contributed by atoms with Gasteiger partial charge in [-0.1, -0.05) is 9.24 Å². The molecule has 11 heteroatoms. The zero-order valence-corrected chi connectivity index (χ0v) is 18.0. The number of thioether (sulfide) groups is 1. The molecule has 0 aliphatic rings. The van der Waals surface area contributed by atoms with Gasteiger partial charge in [0.25, 0.3) is 0 Å². The molecule has 3 rings (SSSR count). The summed E-state index contributed by atoms with van der Waals surface area (Å²) in [6.07, 6.45) is 1.69. The van der Waals surface area contributed by atoms with E-state index in [4.69, 9.17) is 17.3 Å². The van der Waals surface area contributed by atoms with Crippen LogP contribution in [0.4, 0.5) is 8.78 Å². The minimum atomic E-state index is -2.45. The summed E-state index contributed by atoms with van der Waals surface area (Å²) in [6.45, 7) is 1.66. The van der Waals surface area contributed by atoms with Crippen LogP contribution < -0.4 is 10.2 Å². The average Bonchev–Trinajstić information content (AvgIpc) is 2.67. The van der Waals surface area contributed by atoms with Crippen LogP contribution in [0.3, 0.4) is 0 Å². The molecule has 1 aromatic heterocycles. The molecule has 0 aliphatic heterocycles. The lowest BCUT2D eigenvalue weighted by atomic mass is 10.1. The summed E-state index contributed by atoms with van der Waals surface area (Å²) in [4.78, 5) is 25.6. The van der Waals surface area contributed by atoms with Gasteiger partial charge in [0.15, 0.2) is 7.85 Å². The zero-order chi connectivity index (χ0) is 22.1. The fraction of sp³-hybridized carbons (Fsp3) is 0.211. The molecule has 0 spiro atoms. The van der Waals surface area contributed by atoms with Crippen molar-refractivity contribution in [3.8, 4) is 11.4 Å². The number of rotatable bonds is 6.